The lowest BCUT2D eigenvalue weighted by atomic mass is 10.2. The minimum Gasteiger partial charge on any atom is -0.509 e. The molecule has 1 aliphatic heterocycles. The summed E-state index contributed by atoms with van der Waals surface area (Å²) in [6.45, 7) is 7.71. The fraction of sp³-hybridized carbons (Fsp3) is 0.385. The van der Waals surface area contributed by atoms with Crippen molar-refractivity contribution in [2.24, 2.45) is 0 Å². The van der Waals surface area contributed by atoms with Crippen LogP contribution in [0, 0.1) is 0 Å². The number of allylic oxidation sites excluding steroid dienone is 4. The van der Waals surface area contributed by atoms with Gasteiger partial charge in [0.15, 0.2) is 6.29 Å². The van der Waals surface area contributed by atoms with Crippen molar-refractivity contribution in [3.8, 4) is 0 Å². The fourth-order valence-electron chi connectivity index (χ4n) is 1.38. The second-order valence-corrected chi connectivity index (χ2v) is 3.54. The van der Waals surface area contributed by atoms with Gasteiger partial charge in [0.1, 0.15) is 11.5 Å². The lowest BCUT2D eigenvalue weighted by molar-refractivity contribution is -0.135. The van der Waals surface area contributed by atoms with Crippen LogP contribution in [0.15, 0.2) is 49.0 Å². The molecule has 1 rings (SSSR count). The number of rotatable bonds is 5. The van der Waals surface area contributed by atoms with E-state index >= 15 is 0 Å². The van der Waals surface area contributed by atoms with Gasteiger partial charge in [-0.25, -0.2) is 0 Å². The van der Waals surface area contributed by atoms with Crippen LogP contribution in [0.1, 0.15) is 19.3 Å². The number of hydrogen-bond donors (Lipinski definition) is 1. The predicted octanol–water partition coefficient (Wildman–Crippen LogP) is 3.23. The van der Waals surface area contributed by atoms with Crippen molar-refractivity contribution in [3.63, 3.8) is 0 Å². The summed E-state index contributed by atoms with van der Waals surface area (Å²) in [6.07, 6.45) is 9.35. The van der Waals surface area contributed by atoms with Crippen molar-refractivity contribution >= 4 is 0 Å². The molecule has 3 heteroatoms. The molecule has 3 nitrogen and oxygen atoms in total. The first-order chi connectivity index (χ1) is 7.72. The third kappa shape index (κ3) is 4.84. The van der Waals surface area contributed by atoms with Gasteiger partial charge in [0.2, 0.25) is 0 Å². The molecule has 88 valence electrons. The average molecular weight is 222 g/mol. The summed E-state index contributed by atoms with van der Waals surface area (Å²) in [5.41, 5.74) is 0. The molecule has 0 amide bonds. The van der Waals surface area contributed by atoms with Crippen molar-refractivity contribution in [2.45, 2.75) is 25.6 Å². The summed E-state index contributed by atoms with van der Waals surface area (Å²) < 4.78 is 11.1. The monoisotopic (exact) mass is 222 g/mol. The van der Waals surface area contributed by atoms with Crippen LogP contribution in [-0.4, -0.2) is 18.0 Å². The van der Waals surface area contributed by atoms with E-state index in [0.29, 0.717) is 5.76 Å². The number of aliphatic hydroxyl groups excluding tert-OH is 1. The molecule has 0 aromatic carbocycles. The molecule has 1 heterocycles. The van der Waals surface area contributed by atoms with Gasteiger partial charge in [-0.2, -0.15) is 0 Å². The Hall–Kier alpha value is -1.48. The summed E-state index contributed by atoms with van der Waals surface area (Å²) in [5.74, 6) is 0.597. The minimum atomic E-state index is -0.198. The molecule has 1 saturated heterocycles. The Labute approximate surface area is 96.4 Å². The van der Waals surface area contributed by atoms with Gasteiger partial charge in [-0.15, -0.1) is 0 Å². The third-order valence-electron chi connectivity index (χ3n) is 2.13. The van der Waals surface area contributed by atoms with E-state index in [2.05, 4.69) is 13.2 Å². The first kappa shape index (κ1) is 12.6. The highest BCUT2D eigenvalue weighted by Gasteiger charge is 2.15. The summed E-state index contributed by atoms with van der Waals surface area (Å²) in [6, 6.07) is 0. The highest BCUT2D eigenvalue weighted by Crippen LogP contribution is 2.17. The zero-order chi connectivity index (χ0) is 11.8. The quantitative estimate of drug-likeness (QED) is 0.573. The van der Waals surface area contributed by atoms with Gasteiger partial charge in [0, 0.05) is 6.42 Å². The van der Waals surface area contributed by atoms with Crippen molar-refractivity contribution < 1.29 is 14.6 Å². The van der Waals surface area contributed by atoms with E-state index in [0.717, 1.165) is 25.9 Å². The molecule has 0 radical (unpaired) electrons. The minimum absolute atomic E-state index is 0.0110. The number of aliphatic hydroxyl groups is 1. The molecule has 0 bridgehead atoms. The van der Waals surface area contributed by atoms with Crippen molar-refractivity contribution in [3.05, 3.63) is 49.0 Å². The van der Waals surface area contributed by atoms with Crippen molar-refractivity contribution in [1.29, 1.82) is 0 Å². The van der Waals surface area contributed by atoms with Crippen LogP contribution < -0.4 is 0 Å². The van der Waals surface area contributed by atoms with Gasteiger partial charge in [-0.1, -0.05) is 19.2 Å². The van der Waals surface area contributed by atoms with E-state index in [4.69, 9.17) is 14.6 Å². The van der Waals surface area contributed by atoms with E-state index in [1.54, 1.807) is 18.2 Å². The Bertz CT molecular complexity index is 296. The van der Waals surface area contributed by atoms with Gasteiger partial charge >= 0.3 is 0 Å². The van der Waals surface area contributed by atoms with Crippen LogP contribution in [0.4, 0.5) is 0 Å². The Morgan fingerprint density at radius 2 is 2.19 bits per heavy atom. The molecule has 1 N–H and O–H groups in total. The normalized spacial score (nSPS) is 22.0. The van der Waals surface area contributed by atoms with Gasteiger partial charge in [-0.3, -0.25) is 0 Å². The molecule has 1 fully saturated rings. The molecular formula is C13H18O3. The maximum Gasteiger partial charge on any atom is 0.199 e. The lowest BCUT2D eigenvalue weighted by Gasteiger charge is -2.23. The zero-order valence-corrected chi connectivity index (χ0v) is 9.39. The van der Waals surface area contributed by atoms with E-state index in [1.807, 2.05) is 0 Å². The topological polar surface area (TPSA) is 38.7 Å². The average Bonchev–Trinajstić information content (AvgIpc) is 2.27. The molecule has 1 atom stereocenters. The zero-order valence-electron chi connectivity index (χ0n) is 9.39. The molecular weight excluding hydrogens is 204 g/mol. The van der Waals surface area contributed by atoms with Gasteiger partial charge in [0.05, 0.1) is 6.61 Å². The number of hydrogen-bond acceptors (Lipinski definition) is 3. The smallest absolute Gasteiger partial charge is 0.199 e. The molecule has 0 aromatic rings. The molecule has 16 heavy (non-hydrogen) atoms. The van der Waals surface area contributed by atoms with E-state index in [9.17, 15) is 0 Å². The second-order valence-electron chi connectivity index (χ2n) is 3.54. The van der Waals surface area contributed by atoms with Crippen LogP contribution in [0.2, 0.25) is 0 Å². The summed E-state index contributed by atoms with van der Waals surface area (Å²) in [7, 11) is 0. The van der Waals surface area contributed by atoms with Gasteiger partial charge in [-0.05, 0) is 31.1 Å². The maximum absolute atomic E-state index is 8.95. The lowest BCUT2D eigenvalue weighted by Crippen LogP contribution is -2.21. The first-order valence-corrected chi connectivity index (χ1v) is 5.39. The van der Waals surface area contributed by atoms with Crippen molar-refractivity contribution in [1.82, 2.24) is 0 Å². The highest BCUT2D eigenvalue weighted by atomic mass is 16.7. The molecule has 0 unspecified atom stereocenters. The Morgan fingerprint density at radius 3 is 2.75 bits per heavy atom. The van der Waals surface area contributed by atoms with Crippen LogP contribution >= 0.6 is 0 Å². The predicted molar refractivity (Wildman–Crippen MR) is 63.9 cm³/mol. The van der Waals surface area contributed by atoms with E-state index in [-0.39, 0.29) is 12.0 Å². The van der Waals surface area contributed by atoms with Crippen LogP contribution in [0.5, 0.6) is 0 Å². The largest absolute Gasteiger partial charge is 0.509 e. The first-order valence-electron chi connectivity index (χ1n) is 5.39. The Balaban J connectivity index is 2.53. The van der Waals surface area contributed by atoms with E-state index < -0.39 is 0 Å². The number of ether oxygens (including phenoxy) is 2. The van der Waals surface area contributed by atoms with Gasteiger partial charge < -0.3 is 14.6 Å². The van der Waals surface area contributed by atoms with Crippen LogP contribution in [0.3, 0.4) is 0 Å². The Morgan fingerprint density at radius 1 is 1.38 bits per heavy atom. The molecule has 0 spiro atoms. The third-order valence-corrected chi connectivity index (χ3v) is 2.13. The Kier molecular flexibility index (Phi) is 5.43. The summed E-state index contributed by atoms with van der Waals surface area (Å²) >= 11 is 0. The fourth-order valence-corrected chi connectivity index (χ4v) is 1.38. The van der Waals surface area contributed by atoms with Crippen molar-refractivity contribution in [2.75, 3.05) is 6.61 Å². The highest BCUT2D eigenvalue weighted by molar-refractivity contribution is 5.22. The van der Waals surface area contributed by atoms with Crippen LogP contribution in [0.25, 0.3) is 0 Å². The molecule has 0 aromatic heterocycles. The molecule has 1 aliphatic rings. The SMILES string of the molecule is C=C/C=C(\C=C/C(=C)O)O[C@@H]1CCCCO1. The maximum atomic E-state index is 8.95. The van der Waals surface area contributed by atoms with E-state index in [1.165, 1.54) is 6.08 Å². The molecule has 0 saturated carbocycles. The van der Waals surface area contributed by atoms with Gasteiger partial charge in [0.25, 0.3) is 0 Å². The van der Waals surface area contributed by atoms with Crippen LogP contribution in [-0.2, 0) is 9.47 Å². The second kappa shape index (κ2) is 6.90. The standard InChI is InChI=1S/C13H18O3/c1-3-6-12(9-8-11(2)14)16-13-7-4-5-10-15-13/h3,6,8-9,13-14H,1-2,4-5,7,10H2/b9-8-,12-6+/t13-/m1/s1. The summed E-state index contributed by atoms with van der Waals surface area (Å²) in [5, 5.41) is 8.95. The summed E-state index contributed by atoms with van der Waals surface area (Å²) in [4.78, 5) is 0. The molecule has 0 aliphatic carbocycles.